The minimum Gasteiger partial charge on any atom is -0.383 e. The van der Waals surface area contributed by atoms with Crippen LogP contribution in [-0.2, 0) is 4.74 Å². The number of aromatic nitrogens is 2. The summed E-state index contributed by atoms with van der Waals surface area (Å²) in [6, 6.07) is 4.82. The monoisotopic (exact) mass is 254 g/mol. The van der Waals surface area contributed by atoms with E-state index in [1.54, 1.807) is 13.2 Å². The fraction of sp³-hybridized carbons (Fsp3) is 0.417. The Kier molecular flexibility index (Phi) is 3.59. The van der Waals surface area contributed by atoms with Crippen molar-refractivity contribution in [2.24, 2.45) is 0 Å². The molecule has 0 saturated heterocycles. The van der Waals surface area contributed by atoms with Crippen molar-refractivity contribution in [2.45, 2.75) is 19.4 Å². The Morgan fingerprint density at radius 1 is 1.53 bits per heavy atom. The van der Waals surface area contributed by atoms with Crippen LogP contribution in [0.3, 0.4) is 0 Å². The number of nitrogens with one attached hydrogen (secondary N) is 1. The normalized spacial score (nSPS) is 13.1. The Morgan fingerprint density at radius 2 is 2.29 bits per heavy atom. The fourth-order valence-electron chi connectivity index (χ4n) is 2.03. The van der Waals surface area contributed by atoms with Crippen LogP contribution >= 0.6 is 12.2 Å². The Balaban J connectivity index is 2.59. The summed E-state index contributed by atoms with van der Waals surface area (Å²) in [5.74, 6) is -0.263. The molecule has 92 valence electrons. The third kappa shape index (κ3) is 2.25. The second-order valence-corrected chi connectivity index (χ2v) is 4.37. The Labute approximate surface area is 104 Å². The highest BCUT2D eigenvalue weighted by Gasteiger charge is 2.13. The number of methoxy groups -OCH3 is 1. The molecule has 0 aliphatic heterocycles. The summed E-state index contributed by atoms with van der Waals surface area (Å²) >= 11 is 5.28. The largest absolute Gasteiger partial charge is 0.383 e. The van der Waals surface area contributed by atoms with Gasteiger partial charge in [0.2, 0.25) is 0 Å². The minimum absolute atomic E-state index is 0.173. The summed E-state index contributed by atoms with van der Waals surface area (Å²) in [7, 11) is 1.67. The maximum absolute atomic E-state index is 13.1. The molecular formula is C12H15FN2OS. The first-order valence-corrected chi connectivity index (χ1v) is 5.97. The molecule has 0 radical (unpaired) electrons. The summed E-state index contributed by atoms with van der Waals surface area (Å²) < 4.78 is 20.9. The molecule has 0 amide bonds. The molecule has 1 aromatic carbocycles. The van der Waals surface area contributed by atoms with E-state index in [-0.39, 0.29) is 11.9 Å². The van der Waals surface area contributed by atoms with Crippen molar-refractivity contribution in [2.75, 3.05) is 13.7 Å². The van der Waals surface area contributed by atoms with Crippen molar-refractivity contribution in [1.29, 1.82) is 0 Å². The van der Waals surface area contributed by atoms with Crippen LogP contribution in [0.15, 0.2) is 18.2 Å². The number of benzene rings is 1. The van der Waals surface area contributed by atoms with Gasteiger partial charge >= 0.3 is 0 Å². The molecule has 1 N–H and O–H groups in total. The number of halogens is 1. The molecule has 0 saturated carbocycles. The van der Waals surface area contributed by atoms with E-state index in [1.807, 2.05) is 4.57 Å². The molecule has 2 aromatic rings. The SMILES string of the molecule is CCC(COC)n1c(=S)[nH]c2cc(F)ccc21. The molecule has 1 unspecified atom stereocenters. The van der Waals surface area contributed by atoms with E-state index in [1.165, 1.54) is 12.1 Å². The number of hydrogen-bond acceptors (Lipinski definition) is 2. The number of ether oxygens (including phenoxy) is 1. The van der Waals surface area contributed by atoms with Crippen molar-refractivity contribution < 1.29 is 9.13 Å². The third-order valence-corrected chi connectivity index (χ3v) is 3.17. The van der Waals surface area contributed by atoms with Gasteiger partial charge in [0.25, 0.3) is 0 Å². The van der Waals surface area contributed by atoms with Crippen LogP contribution in [0.1, 0.15) is 19.4 Å². The highest BCUT2D eigenvalue weighted by atomic mass is 32.1. The smallest absolute Gasteiger partial charge is 0.178 e. The first-order valence-electron chi connectivity index (χ1n) is 5.56. The molecule has 1 atom stereocenters. The summed E-state index contributed by atoms with van der Waals surface area (Å²) in [6.07, 6.45) is 0.909. The van der Waals surface area contributed by atoms with Crippen LogP contribution in [0.5, 0.6) is 0 Å². The summed E-state index contributed by atoms with van der Waals surface area (Å²) in [5, 5.41) is 0. The maximum atomic E-state index is 13.1. The van der Waals surface area contributed by atoms with Gasteiger partial charge in [-0.15, -0.1) is 0 Å². The number of aromatic amines is 1. The zero-order chi connectivity index (χ0) is 12.4. The van der Waals surface area contributed by atoms with Crippen molar-refractivity contribution >= 4 is 23.3 Å². The van der Waals surface area contributed by atoms with E-state index in [4.69, 9.17) is 17.0 Å². The van der Waals surface area contributed by atoms with Gasteiger partial charge < -0.3 is 14.3 Å². The van der Waals surface area contributed by atoms with Crippen LogP contribution < -0.4 is 0 Å². The predicted octanol–water partition coefficient (Wildman–Crippen LogP) is 3.44. The highest BCUT2D eigenvalue weighted by Crippen LogP contribution is 2.22. The highest BCUT2D eigenvalue weighted by molar-refractivity contribution is 7.71. The summed E-state index contributed by atoms with van der Waals surface area (Å²) in [6.45, 7) is 2.67. The lowest BCUT2D eigenvalue weighted by atomic mass is 10.2. The molecule has 17 heavy (non-hydrogen) atoms. The van der Waals surface area contributed by atoms with Crippen LogP contribution in [0, 0.1) is 10.6 Å². The van der Waals surface area contributed by atoms with Gasteiger partial charge in [-0.3, -0.25) is 0 Å². The number of H-pyrrole nitrogens is 1. The van der Waals surface area contributed by atoms with Gasteiger partial charge in [0.1, 0.15) is 5.82 Å². The van der Waals surface area contributed by atoms with Gasteiger partial charge in [-0.2, -0.15) is 0 Å². The molecule has 1 aromatic heterocycles. The van der Waals surface area contributed by atoms with Gasteiger partial charge in [0, 0.05) is 7.11 Å². The molecule has 1 heterocycles. The van der Waals surface area contributed by atoms with E-state index in [2.05, 4.69) is 11.9 Å². The van der Waals surface area contributed by atoms with Crippen molar-refractivity contribution in [3.63, 3.8) is 0 Å². The van der Waals surface area contributed by atoms with Gasteiger partial charge in [-0.25, -0.2) is 4.39 Å². The Bertz CT molecular complexity index is 575. The Hall–Kier alpha value is -1.20. The van der Waals surface area contributed by atoms with Crippen LogP contribution in [-0.4, -0.2) is 23.3 Å². The van der Waals surface area contributed by atoms with Crippen molar-refractivity contribution in [3.05, 3.63) is 28.8 Å². The number of fused-ring (bicyclic) bond motifs is 1. The lowest BCUT2D eigenvalue weighted by molar-refractivity contribution is 0.154. The number of rotatable bonds is 4. The van der Waals surface area contributed by atoms with E-state index >= 15 is 0 Å². The first-order chi connectivity index (χ1) is 8.17. The van der Waals surface area contributed by atoms with E-state index in [0.29, 0.717) is 11.4 Å². The van der Waals surface area contributed by atoms with Crippen LogP contribution in [0.2, 0.25) is 0 Å². The second kappa shape index (κ2) is 4.98. The van der Waals surface area contributed by atoms with Crippen molar-refractivity contribution in [3.8, 4) is 0 Å². The molecule has 0 aliphatic rings. The average molecular weight is 254 g/mol. The number of hydrogen-bond donors (Lipinski definition) is 1. The standard InChI is InChI=1S/C12H15FN2OS/c1-3-9(7-16-2)15-11-5-4-8(13)6-10(11)14-12(15)17/h4-6,9H,3,7H2,1-2H3,(H,14,17). The topological polar surface area (TPSA) is 29.9 Å². The van der Waals surface area contributed by atoms with E-state index in [9.17, 15) is 4.39 Å². The zero-order valence-electron chi connectivity index (χ0n) is 9.87. The Morgan fingerprint density at radius 3 is 2.94 bits per heavy atom. The van der Waals surface area contributed by atoms with E-state index < -0.39 is 0 Å². The van der Waals surface area contributed by atoms with Gasteiger partial charge in [0.05, 0.1) is 23.7 Å². The molecule has 0 aliphatic carbocycles. The van der Waals surface area contributed by atoms with E-state index in [0.717, 1.165) is 17.5 Å². The molecular weight excluding hydrogens is 239 g/mol. The molecule has 3 nitrogen and oxygen atoms in total. The van der Waals surface area contributed by atoms with Crippen LogP contribution in [0.4, 0.5) is 4.39 Å². The zero-order valence-corrected chi connectivity index (χ0v) is 10.7. The molecule has 0 spiro atoms. The molecule has 0 bridgehead atoms. The van der Waals surface area contributed by atoms with Crippen LogP contribution in [0.25, 0.3) is 11.0 Å². The third-order valence-electron chi connectivity index (χ3n) is 2.87. The average Bonchev–Trinajstić information content (AvgIpc) is 2.61. The maximum Gasteiger partial charge on any atom is 0.178 e. The van der Waals surface area contributed by atoms with Crippen molar-refractivity contribution in [1.82, 2.24) is 9.55 Å². The lowest BCUT2D eigenvalue weighted by Gasteiger charge is -2.16. The first kappa shape index (κ1) is 12.3. The van der Waals surface area contributed by atoms with Gasteiger partial charge in [-0.1, -0.05) is 6.92 Å². The predicted molar refractivity (Wildman–Crippen MR) is 68.3 cm³/mol. The minimum atomic E-state index is -0.263. The quantitative estimate of drug-likeness (QED) is 0.847. The molecule has 0 fully saturated rings. The summed E-state index contributed by atoms with van der Waals surface area (Å²) in [4.78, 5) is 3.02. The fourth-order valence-corrected chi connectivity index (χ4v) is 2.39. The van der Waals surface area contributed by atoms with Gasteiger partial charge in [-0.05, 0) is 36.8 Å². The molecule has 2 rings (SSSR count). The number of imidazole rings is 1. The second-order valence-electron chi connectivity index (χ2n) is 3.98. The molecule has 5 heteroatoms. The van der Waals surface area contributed by atoms with Gasteiger partial charge in [0.15, 0.2) is 4.77 Å². The summed E-state index contributed by atoms with van der Waals surface area (Å²) in [5.41, 5.74) is 1.64. The lowest BCUT2D eigenvalue weighted by Crippen LogP contribution is -2.13. The number of nitrogens with zero attached hydrogens (tertiary/aromatic N) is 1.